The van der Waals surface area contributed by atoms with Gasteiger partial charge in [-0.2, -0.15) is 4.58 Å². The molecule has 1 unspecified atom stereocenters. The van der Waals surface area contributed by atoms with Crippen molar-refractivity contribution in [3.63, 3.8) is 0 Å². The van der Waals surface area contributed by atoms with Crippen LogP contribution in [-0.4, -0.2) is 33.3 Å². The summed E-state index contributed by atoms with van der Waals surface area (Å²) in [6, 6.07) is 17.8. The Bertz CT molecular complexity index is 802. The molecule has 1 aliphatic rings. The summed E-state index contributed by atoms with van der Waals surface area (Å²) in [7, 11) is 1.66. The van der Waals surface area contributed by atoms with Gasteiger partial charge in [0, 0.05) is 36.5 Å². The zero-order valence-electron chi connectivity index (χ0n) is 15.1. The number of halogens is 1. The summed E-state index contributed by atoms with van der Waals surface area (Å²) in [5.74, 6) is 1.46. The van der Waals surface area contributed by atoms with E-state index in [0.717, 1.165) is 27.9 Å². The second kappa shape index (κ2) is 8.75. The lowest BCUT2D eigenvalue weighted by atomic mass is 10.2. The third-order valence-electron chi connectivity index (χ3n) is 3.98. The van der Waals surface area contributed by atoms with Crippen LogP contribution in [0, 0.1) is 0 Å². The largest absolute Gasteiger partial charge is 1.00 e. The van der Waals surface area contributed by atoms with Crippen molar-refractivity contribution in [2.75, 3.05) is 18.2 Å². The van der Waals surface area contributed by atoms with Crippen LogP contribution in [0.4, 0.5) is 11.4 Å². The van der Waals surface area contributed by atoms with Gasteiger partial charge in [-0.25, -0.2) is 0 Å². The first-order chi connectivity index (χ1) is 12.0. The number of anilines is 1. The lowest BCUT2D eigenvalue weighted by molar-refractivity contribution is -0.574. The van der Waals surface area contributed by atoms with Gasteiger partial charge >= 0.3 is 0 Å². The van der Waals surface area contributed by atoms with Crippen LogP contribution in [-0.2, 0) is 0 Å². The quantitative estimate of drug-likeness (QED) is 0.694. The zero-order valence-corrected chi connectivity index (χ0v) is 17.5. The lowest BCUT2D eigenvalue weighted by Crippen LogP contribution is -3.00. The first kappa shape index (κ1) is 20.6. The van der Waals surface area contributed by atoms with Gasteiger partial charge in [0.05, 0.1) is 12.9 Å². The van der Waals surface area contributed by atoms with Crippen LogP contribution in [0.2, 0.25) is 0 Å². The second-order valence-corrected chi connectivity index (χ2v) is 7.19. The molecule has 0 aromatic heterocycles. The van der Waals surface area contributed by atoms with Crippen molar-refractivity contribution in [1.29, 1.82) is 0 Å². The highest BCUT2D eigenvalue weighted by atomic mass is 79.9. The highest BCUT2D eigenvalue weighted by molar-refractivity contribution is 8.14. The van der Waals surface area contributed by atoms with Crippen molar-refractivity contribution in [1.82, 2.24) is 0 Å². The molecule has 1 atom stereocenters. The molecule has 0 amide bonds. The van der Waals surface area contributed by atoms with E-state index in [1.165, 1.54) is 0 Å². The fraction of sp³-hybridized carbons (Fsp3) is 0.250. The van der Waals surface area contributed by atoms with E-state index >= 15 is 0 Å². The Labute approximate surface area is 169 Å². The van der Waals surface area contributed by atoms with Crippen molar-refractivity contribution in [3.8, 4) is 5.75 Å². The van der Waals surface area contributed by atoms with Crippen LogP contribution in [0.15, 0.2) is 66.4 Å². The Hall–Kier alpha value is -1.76. The van der Waals surface area contributed by atoms with Gasteiger partial charge in [0.1, 0.15) is 5.75 Å². The Morgan fingerprint density at radius 2 is 1.85 bits per heavy atom. The van der Waals surface area contributed by atoms with Crippen molar-refractivity contribution in [3.05, 3.63) is 66.4 Å². The molecular weight excluding hydrogens is 412 g/mol. The molecule has 0 radical (unpaired) electrons. The van der Waals surface area contributed by atoms with E-state index in [0.29, 0.717) is 5.75 Å². The highest BCUT2D eigenvalue weighted by Crippen LogP contribution is 2.32. The number of thioether (sulfide) groups is 1. The number of methoxy groups -OCH3 is 1. The van der Waals surface area contributed by atoms with E-state index in [2.05, 4.69) is 11.4 Å². The maximum absolute atomic E-state index is 10.8. The molecule has 1 aliphatic heterocycles. The van der Waals surface area contributed by atoms with Crippen LogP contribution in [0.1, 0.15) is 13.8 Å². The molecule has 2 aromatic rings. The summed E-state index contributed by atoms with van der Waals surface area (Å²) in [5, 5.41) is 15.2. The number of benzene rings is 2. The molecule has 0 fully saturated rings. The van der Waals surface area contributed by atoms with Gasteiger partial charge in [-0.15, -0.1) is 0 Å². The molecule has 0 saturated heterocycles. The average molecular weight is 435 g/mol. The SMILES string of the molecule is COc1ccc(N/C(C)=C/C2=[N+](c3ccccc3)C(C)(O)CS2)cc1.[Br-]. The Balaban J connectivity index is 0.00000243. The third-order valence-corrected chi connectivity index (χ3v) is 5.27. The monoisotopic (exact) mass is 434 g/mol. The summed E-state index contributed by atoms with van der Waals surface area (Å²) < 4.78 is 7.17. The summed E-state index contributed by atoms with van der Waals surface area (Å²) in [5.41, 5.74) is 2.08. The van der Waals surface area contributed by atoms with Crippen LogP contribution in [0.25, 0.3) is 0 Å². The first-order valence-electron chi connectivity index (χ1n) is 8.16. The van der Waals surface area contributed by atoms with Gasteiger partial charge in [0.25, 0.3) is 5.72 Å². The van der Waals surface area contributed by atoms with E-state index in [1.54, 1.807) is 18.9 Å². The molecule has 2 N–H and O–H groups in total. The molecule has 3 rings (SSSR count). The number of rotatable bonds is 5. The average Bonchev–Trinajstić information content (AvgIpc) is 2.90. The summed E-state index contributed by atoms with van der Waals surface area (Å²) in [4.78, 5) is 0. The molecule has 1 heterocycles. The molecule has 0 bridgehead atoms. The second-order valence-electron chi connectivity index (χ2n) is 6.20. The van der Waals surface area contributed by atoms with Crippen molar-refractivity contribution in [2.24, 2.45) is 0 Å². The normalized spacial score (nSPS) is 19.9. The molecule has 0 spiro atoms. The van der Waals surface area contributed by atoms with Gasteiger partial charge in [0.15, 0.2) is 0 Å². The van der Waals surface area contributed by atoms with E-state index in [9.17, 15) is 5.11 Å². The predicted octanol–water partition coefficient (Wildman–Crippen LogP) is 1.21. The van der Waals surface area contributed by atoms with E-state index in [1.807, 2.05) is 73.0 Å². The van der Waals surface area contributed by atoms with E-state index in [4.69, 9.17) is 4.74 Å². The molecule has 4 nitrogen and oxygen atoms in total. The number of para-hydroxylation sites is 1. The van der Waals surface area contributed by atoms with Gasteiger partial charge in [-0.3, -0.25) is 0 Å². The topological polar surface area (TPSA) is 44.5 Å². The van der Waals surface area contributed by atoms with Crippen molar-refractivity contribution < 1.29 is 31.4 Å². The van der Waals surface area contributed by atoms with Crippen LogP contribution in [0.3, 0.4) is 0 Å². The zero-order chi connectivity index (χ0) is 17.9. The van der Waals surface area contributed by atoms with E-state index in [-0.39, 0.29) is 17.0 Å². The number of aliphatic hydroxyl groups is 1. The molecule has 26 heavy (non-hydrogen) atoms. The summed E-state index contributed by atoms with van der Waals surface area (Å²) in [6.07, 6.45) is 2.07. The molecule has 0 saturated carbocycles. The smallest absolute Gasteiger partial charge is 0.278 e. The van der Waals surface area contributed by atoms with Gasteiger partial charge < -0.3 is 32.1 Å². The standard InChI is InChI=1S/C20H22N2O2S.BrH/c1-15(21-16-9-11-18(24-3)12-10-16)13-19-22(20(2,23)14-25-19)17-7-5-4-6-8-17;/h4-13,23H,14H2,1-3H3;1H. The molecule has 2 aromatic carbocycles. The minimum absolute atomic E-state index is 0. The minimum Gasteiger partial charge on any atom is -1.00 e. The van der Waals surface area contributed by atoms with E-state index < -0.39 is 5.72 Å². The fourth-order valence-corrected chi connectivity index (χ4v) is 4.03. The number of nitrogens with one attached hydrogen (secondary N) is 1. The maximum atomic E-state index is 10.8. The Morgan fingerprint density at radius 1 is 1.19 bits per heavy atom. The number of hydrogen-bond donors (Lipinski definition) is 2. The number of allylic oxidation sites excluding steroid dienone is 1. The molecule has 0 aliphatic carbocycles. The molecular formula is C20H23BrN2O2S. The third kappa shape index (κ3) is 4.69. The van der Waals surface area contributed by atoms with Crippen LogP contribution >= 0.6 is 11.8 Å². The lowest BCUT2D eigenvalue weighted by Gasteiger charge is -2.14. The fourth-order valence-electron chi connectivity index (χ4n) is 2.79. The van der Waals surface area contributed by atoms with Crippen molar-refractivity contribution in [2.45, 2.75) is 19.6 Å². The molecule has 6 heteroatoms. The van der Waals surface area contributed by atoms with Crippen LogP contribution < -0.4 is 27.0 Å². The van der Waals surface area contributed by atoms with Gasteiger partial charge in [0.2, 0.25) is 10.7 Å². The Morgan fingerprint density at radius 3 is 2.46 bits per heavy atom. The van der Waals surface area contributed by atoms with Crippen LogP contribution in [0.5, 0.6) is 5.75 Å². The van der Waals surface area contributed by atoms with Crippen molar-refractivity contribution >= 4 is 28.2 Å². The number of hydrogen-bond acceptors (Lipinski definition) is 4. The number of ether oxygens (including phenoxy) is 1. The molecule has 138 valence electrons. The minimum atomic E-state index is -0.905. The van der Waals surface area contributed by atoms with Gasteiger partial charge in [-0.05, 0) is 43.0 Å². The van der Waals surface area contributed by atoms with Gasteiger partial charge in [-0.1, -0.05) is 18.2 Å². The maximum Gasteiger partial charge on any atom is 0.278 e. The first-order valence-corrected chi connectivity index (χ1v) is 9.15. The predicted molar refractivity (Wildman–Crippen MR) is 105 cm³/mol. The summed E-state index contributed by atoms with van der Waals surface area (Å²) >= 11 is 1.65. The highest BCUT2D eigenvalue weighted by Gasteiger charge is 2.44. The Kier molecular flexibility index (Phi) is 6.92. The number of nitrogens with zero attached hydrogens (tertiary/aromatic N) is 1. The summed E-state index contributed by atoms with van der Waals surface area (Å²) in [6.45, 7) is 3.87.